The SMILES string of the molecule is O=C(O)CCCCCCCCCCN1C(=O)/C(=C/c2cccc(O)c2)SC1=S. The number of benzene rings is 1. The third-order valence-corrected chi connectivity index (χ3v) is 5.94. The number of unbranched alkanes of at least 4 members (excludes halogenated alkanes) is 7. The third kappa shape index (κ3) is 7.64. The molecule has 152 valence electrons. The number of thiocarbonyl (C=S) groups is 1. The van der Waals surface area contributed by atoms with Crippen LogP contribution in [0.4, 0.5) is 0 Å². The van der Waals surface area contributed by atoms with Crippen molar-refractivity contribution in [2.24, 2.45) is 0 Å². The van der Waals surface area contributed by atoms with Gasteiger partial charge in [-0.25, -0.2) is 0 Å². The molecule has 1 saturated heterocycles. The van der Waals surface area contributed by atoms with Gasteiger partial charge in [0.2, 0.25) is 0 Å². The normalized spacial score (nSPS) is 15.6. The van der Waals surface area contributed by atoms with Crippen molar-refractivity contribution in [1.82, 2.24) is 4.90 Å². The fraction of sp³-hybridized carbons (Fsp3) is 0.476. The van der Waals surface area contributed by atoms with E-state index in [0.29, 0.717) is 15.8 Å². The molecule has 2 rings (SSSR count). The van der Waals surface area contributed by atoms with Crippen molar-refractivity contribution >= 4 is 46.3 Å². The second-order valence-electron chi connectivity index (χ2n) is 6.90. The van der Waals surface area contributed by atoms with Gasteiger partial charge in [-0.1, -0.05) is 74.6 Å². The molecule has 0 saturated carbocycles. The minimum Gasteiger partial charge on any atom is -0.508 e. The molecule has 1 fully saturated rings. The molecule has 0 spiro atoms. The molecule has 1 aliphatic heterocycles. The van der Waals surface area contributed by atoms with Crippen molar-refractivity contribution in [1.29, 1.82) is 0 Å². The summed E-state index contributed by atoms with van der Waals surface area (Å²) < 4.78 is 0.592. The van der Waals surface area contributed by atoms with Crippen LogP contribution in [0.25, 0.3) is 6.08 Å². The maximum absolute atomic E-state index is 12.6. The van der Waals surface area contributed by atoms with Gasteiger partial charge in [-0.15, -0.1) is 0 Å². The first-order valence-corrected chi connectivity index (χ1v) is 11.0. The molecule has 0 aromatic heterocycles. The van der Waals surface area contributed by atoms with Crippen molar-refractivity contribution in [3.63, 3.8) is 0 Å². The first-order valence-electron chi connectivity index (χ1n) is 9.73. The average Bonchev–Trinajstić information content (AvgIpc) is 2.90. The summed E-state index contributed by atoms with van der Waals surface area (Å²) in [6.45, 7) is 0.640. The zero-order valence-electron chi connectivity index (χ0n) is 15.9. The largest absolute Gasteiger partial charge is 0.508 e. The standard InChI is InChI=1S/C21H27NO4S2/c23-17-11-9-10-16(14-17)15-18-20(26)22(21(27)28-18)13-8-6-4-2-1-3-5-7-12-19(24)25/h9-11,14-15,23H,1-8,12-13H2,(H,24,25)/b18-15-. The molecule has 1 heterocycles. The molecule has 1 aromatic rings. The highest BCUT2D eigenvalue weighted by Gasteiger charge is 2.31. The molecule has 5 nitrogen and oxygen atoms in total. The summed E-state index contributed by atoms with van der Waals surface area (Å²) in [6.07, 6.45) is 10.2. The average molecular weight is 422 g/mol. The van der Waals surface area contributed by atoms with Crippen molar-refractivity contribution in [2.45, 2.75) is 57.8 Å². The van der Waals surface area contributed by atoms with Gasteiger partial charge in [0.25, 0.3) is 5.91 Å². The Balaban J connectivity index is 1.64. The number of carbonyl (C=O) groups is 2. The lowest BCUT2D eigenvalue weighted by Gasteiger charge is -2.14. The monoisotopic (exact) mass is 421 g/mol. The predicted molar refractivity (Wildman–Crippen MR) is 117 cm³/mol. The summed E-state index contributed by atoms with van der Waals surface area (Å²) >= 11 is 6.66. The maximum Gasteiger partial charge on any atom is 0.303 e. The number of phenols is 1. The number of carbonyl (C=O) groups excluding carboxylic acids is 1. The first-order chi connectivity index (χ1) is 13.5. The molecule has 0 unspecified atom stereocenters. The highest BCUT2D eigenvalue weighted by molar-refractivity contribution is 8.26. The number of rotatable bonds is 12. The lowest BCUT2D eigenvalue weighted by molar-refractivity contribution is -0.137. The fourth-order valence-electron chi connectivity index (χ4n) is 3.07. The molecule has 0 radical (unpaired) electrons. The van der Waals surface area contributed by atoms with E-state index in [9.17, 15) is 14.7 Å². The van der Waals surface area contributed by atoms with Crippen LogP contribution in [0.5, 0.6) is 5.75 Å². The molecular weight excluding hydrogens is 394 g/mol. The summed E-state index contributed by atoms with van der Waals surface area (Å²) in [5.74, 6) is -0.602. The van der Waals surface area contributed by atoms with Crippen LogP contribution in [-0.2, 0) is 9.59 Å². The maximum atomic E-state index is 12.6. The summed E-state index contributed by atoms with van der Waals surface area (Å²) in [7, 11) is 0. The quantitative estimate of drug-likeness (QED) is 0.275. The zero-order chi connectivity index (χ0) is 20.4. The molecule has 0 aliphatic carbocycles. The summed E-state index contributed by atoms with van der Waals surface area (Å²) in [4.78, 5) is 25.3. The molecule has 0 atom stereocenters. The molecule has 0 bridgehead atoms. The van der Waals surface area contributed by atoms with E-state index < -0.39 is 5.97 Å². The molecule has 1 amide bonds. The molecule has 2 N–H and O–H groups in total. The lowest BCUT2D eigenvalue weighted by atomic mass is 10.1. The third-order valence-electron chi connectivity index (χ3n) is 4.56. The Hall–Kier alpha value is -1.86. The number of phenolic OH excluding ortho intramolecular Hbond substituents is 1. The zero-order valence-corrected chi connectivity index (χ0v) is 17.6. The first kappa shape index (κ1) is 22.4. The Morgan fingerprint density at radius 2 is 1.71 bits per heavy atom. The Bertz CT molecular complexity index is 733. The molecule has 28 heavy (non-hydrogen) atoms. The van der Waals surface area contributed by atoms with Crippen molar-refractivity contribution in [3.05, 3.63) is 34.7 Å². The number of carboxylic acids is 1. The van der Waals surface area contributed by atoms with Crippen LogP contribution in [0.1, 0.15) is 63.4 Å². The smallest absolute Gasteiger partial charge is 0.303 e. The van der Waals surface area contributed by atoms with Gasteiger partial charge in [0.1, 0.15) is 10.1 Å². The van der Waals surface area contributed by atoms with Crippen LogP contribution >= 0.6 is 24.0 Å². The Labute approximate surface area is 175 Å². The van der Waals surface area contributed by atoms with E-state index in [0.717, 1.165) is 56.9 Å². The molecular formula is C21H27NO4S2. The van der Waals surface area contributed by atoms with Gasteiger partial charge in [0.05, 0.1) is 4.91 Å². The number of nitrogens with zero attached hydrogens (tertiary/aromatic N) is 1. The van der Waals surface area contributed by atoms with Crippen LogP contribution in [0, 0.1) is 0 Å². The van der Waals surface area contributed by atoms with E-state index in [4.69, 9.17) is 17.3 Å². The van der Waals surface area contributed by atoms with E-state index in [1.165, 1.54) is 11.8 Å². The minimum absolute atomic E-state index is 0.0585. The highest BCUT2D eigenvalue weighted by atomic mass is 32.2. The van der Waals surface area contributed by atoms with Crippen molar-refractivity contribution in [3.8, 4) is 5.75 Å². The number of hydrogen-bond donors (Lipinski definition) is 2. The van der Waals surface area contributed by atoms with Crippen LogP contribution < -0.4 is 0 Å². The second-order valence-corrected chi connectivity index (χ2v) is 8.58. The van der Waals surface area contributed by atoms with E-state index in [-0.39, 0.29) is 18.1 Å². The topological polar surface area (TPSA) is 77.8 Å². The highest BCUT2D eigenvalue weighted by Crippen LogP contribution is 2.33. The minimum atomic E-state index is -0.715. The molecule has 1 aliphatic rings. The Kier molecular flexibility index (Phi) is 9.50. The van der Waals surface area contributed by atoms with Gasteiger partial charge in [-0.05, 0) is 36.6 Å². The predicted octanol–water partition coefficient (Wildman–Crippen LogP) is 5.19. The van der Waals surface area contributed by atoms with Gasteiger partial charge < -0.3 is 10.2 Å². The lowest BCUT2D eigenvalue weighted by Crippen LogP contribution is -2.29. The van der Waals surface area contributed by atoms with Gasteiger partial charge in [0.15, 0.2) is 0 Å². The van der Waals surface area contributed by atoms with E-state index in [2.05, 4.69) is 0 Å². The van der Waals surface area contributed by atoms with Gasteiger partial charge in [-0.2, -0.15) is 0 Å². The summed E-state index contributed by atoms with van der Waals surface area (Å²) in [6, 6.07) is 6.80. The van der Waals surface area contributed by atoms with Crippen molar-refractivity contribution in [2.75, 3.05) is 6.54 Å². The number of aliphatic carboxylic acids is 1. The van der Waals surface area contributed by atoms with Gasteiger partial charge in [0, 0.05) is 13.0 Å². The van der Waals surface area contributed by atoms with E-state index in [1.54, 1.807) is 29.2 Å². The fourth-order valence-corrected chi connectivity index (χ4v) is 4.37. The van der Waals surface area contributed by atoms with Crippen LogP contribution in [0.3, 0.4) is 0 Å². The van der Waals surface area contributed by atoms with Crippen molar-refractivity contribution < 1.29 is 19.8 Å². The number of aromatic hydroxyl groups is 1. The number of amides is 1. The van der Waals surface area contributed by atoms with E-state index >= 15 is 0 Å². The molecule has 7 heteroatoms. The van der Waals surface area contributed by atoms with Crippen LogP contribution in [-0.4, -0.2) is 37.9 Å². The second kappa shape index (κ2) is 11.9. The summed E-state index contributed by atoms with van der Waals surface area (Å²) in [5.41, 5.74) is 0.781. The Morgan fingerprint density at radius 3 is 2.36 bits per heavy atom. The number of carboxylic acid groups (broad SMARTS) is 1. The Morgan fingerprint density at radius 1 is 1.07 bits per heavy atom. The van der Waals surface area contributed by atoms with Gasteiger partial charge in [-0.3, -0.25) is 14.5 Å². The van der Waals surface area contributed by atoms with Crippen LogP contribution in [0.2, 0.25) is 0 Å². The van der Waals surface area contributed by atoms with Gasteiger partial charge >= 0.3 is 5.97 Å². The molecule has 1 aromatic carbocycles. The van der Waals surface area contributed by atoms with E-state index in [1.807, 2.05) is 6.07 Å². The summed E-state index contributed by atoms with van der Waals surface area (Å²) in [5, 5.41) is 18.1. The number of thioether (sulfide) groups is 1. The number of hydrogen-bond acceptors (Lipinski definition) is 5. The van der Waals surface area contributed by atoms with Crippen LogP contribution in [0.15, 0.2) is 29.2 Å².